The van der Waals surface area contributed by atoms with Gasteiger partial charge in [-0.25, -0.2) is 4.79 Å². The molecule has 1 amide bonds. The van der Waals surface area contributed by atoms with E-state index >= 15 is 0 Å². The van der Waals surface area contributed by atoms with Crippen LogP contribution in [-0.4, -0.2) is 34.4 Å². The van der Waals surface area contributed by atoms with Gasteiger partial charge in [0.05, 0.1) is 11.6 Å². The van der Waals surface area contributed by atoms with Crippen molar-refractivity contribution in [2.75, 3.05) is 6.61 Å². The second-order valence-corrected chi connectivity index (χ2v) is 5.56. The molecular formula is C14H18N2O3S. The molecule has 1 heterocycles. The van der Waals surface area contributed by atoms with Crippen molar-refractivity contribution < 1.29 is 14.3 Å². The number of benzene rings is 1. The van der Waals surface area contributed by atoms with Gasteiger partial charge >= 0.3 is 6.09 Å². The number of nitrogens with two attached hydrogens (primary N) is 1. The van der Waals surface area contributed by atoms with E-state index in [4.69, 9.17) is 27.4 Å². The summed E-state index contributed by atoms with van der Waals surface area (Å²) >= 11 is 4.98. The Balaban J connectivity index is 2.04. The minimum Gasteiger partial charge on any atom is -0.444 e. The van der Waals surface area contributed by atoms with Crippen molar-refractivity contribution >= 4 is 23.3 Å². The topological polar surface area (TPSA) is 64.8 Å². The highest BCUT2D eigenvalue weighted by molar-refractivity contribution is 7.80. The quantitative estimate of drug-likeness (QED) is 0.864. The fraction of sp³-hybridized carbons (Fsp3) is 0.429. The fourth-order valence-corrected chi connectivity index (χ4v) is 2.32. The molecule has 1 aliphatic rings. The van der Waals surface area contributed by atoms with Crippen molar-refractivity contribution in [3.8, 4) is 0 Å². The molecule has 1 saturated heterocycles. The molecule has 1 aromatic carbocycles. The summed E-state index contributed by atoms with van der Waals surface area (Å²) in [6.07, 6.45) is -0.478. The normalized spacial score (nSPS) is 20.7. The molecule has 6 heteroatoms. The zero-order valence-corrected chi connectivity index (χ0v) is 12.4. The Labute approximate surface area is 123 Å². The van der Waals surface area contributed by atoms with Gasteiger partial charge in [0, 0.05) is 0 Å². The van der Waals surface area contributed by atoms with Crippen molar-refractivity contribution in [3.05, 3.63) is 35.9 Å². The van der Waals surface area contributed by atoms with E-state index < -0.39 is 17.9 Å². The van der Waals surface area contributed by atoms with Crippen LogP contribution in [0.1, 0.15) is 19.4 Å². The number of hydrogen-bond acceptors (Lipinski definition) is 4. The lowest BCUT2D eigenvalue weighted by Crippen LogP contribution is -2.52. The average Bonchev–Trinajstić information content (AvgIpc) is 2.73. The summed E-state index contributed by atoms with van der Waals surface area (Å²) in [6.45, 7) is 4.07. The van der Waals surface area contributed by atoms with Gasteiger partial charge in [-0.05, 0) is 19.4 Å². The molecule has 0 unspecified atom stereocenters. The summed E-state index contributed by atoms with van der Waals surface area (Å²) in [5.41, 5.74) is 5.80. The van der Waals surface area contributed by atoms with Crippen LogP contribution in [0.5, 0.6) is 0 Å². The van der Waals surface area contributed by atoms with Gasteiger partial charge < -0.3 is 15.2 Å². The molecule has 20 heavy (non-hydrogen) atoms. The first kappa shape index (κ1) is 14.7. The Kier molecular flexibility index (Phi) is 4.25. The fourth-order valence-electron chi connectivity index (χ4n) is 2.15. The molecule has 2 N–H and O–H groups in total. The third-order valence-electron chi connectivity index (χ3n) is 3.22. The second-order valence-electron chi connectivity index (χ2n) is 5.09. The lowest BCUT2D eigenvalue weighted by Gasteiger charge is -2.32. The van der Waals surface area contributed by atoms with E-state index in [0.717, 1.165) is 5.56 Å². The van der Waals surface area contributed by atoms with Crippen molar-refractivity contribution in [2.45, 2.75) is 32.2 Å². The minimum atomic E-state index is -0.776. The van der Waals surface area contributed by atoms with Crippen LogP contribution in [-0.2, 0) is 16.1 Å². The van der Waals surface area contributed by atoms with Gasteiger partial charge in [-0.3, -0.25) is 4.90 Å². The highest BCUT2D eigenvalue weighted by Crippen LogP contribution is 2.28. The van der Waals surface area contributed by atoms with Crippen LogP contribution in [0.2, 0.25) is 0 Å². The molecular weight excluding hydrogens is 276 g/mol. The second kappa shape index (κ2) is 5.76. The molecule has 0 spiro atoms. The van der Waals surface area contributed by atoms with Gasteiger partial charge in [-0.2, -0.15) is 0 Å². The minimum absolute atomic E-state index is 0.205. The third kappa shape index (κ3) is 3.08. The SMILES string of the molecule is CC1(C)OC[C@@H](C(N)=S)N1C(=O)OCc1ccccc1. The highest BCUT2D eigenvalue weighted by atomic mass is 32.1. The molecule has 108 valence electrons. The molecule has 1 atom stereocenters. The van der Waals surface area contributed by atoms with E-state index in [0.29, 0.717) is 6.61 Å². The van der Waals surface area contributed by atoms with E-state index in [1.807, 2.05) is 30.3 Å². The number of thiocarbonyl (C=S) groups is 1. The molecule has 5 nitrogen and oxygen atoms in total. The van der Waals surface area contributed by atoms with Crippen LogP contribution >= 0.6 is 12.2 Å². The molecule has 0 aliphatic carbocycles. The van der Waals surface area contributed by atoms with Crippen molar-refractivity contribution in [1.29, 1.82) is 0 Å². The summed E-state index contributed by atoms with van der Waals surface area (Å²) in [5, 5.41) is 0. The van der Waals surface area contributed by atoms with Gasteiger partial charge in [0.1, 0.15) is 18.4 Å². The van der Waals surface area contributed by atoms with Gasteiger partial charge in [-0.15, -0.1) is 0 Å². The highest BCUT2D eigenvalue weighted by Gasteiger charge is 2.46. The maximum atomic E-state index is 12.3. The number of rotatable bonds is 3. The van der Waals surface area contributed by atoms with Crippen LogP contribution < -0.4 is 5.73 Å². The standard InChI is InChI=1S/C14H18N2O3S/c1-14(2)16(11(9-19-14)12(15)20)13(17)18-8-10-6-4-3-5-7-10/h3-7,11H,8-9H2,1-2H3,(H2,15,20)/t11-/m0/s1. The lowest BCUT2D eigenvalue weighted by molar-refractivity contribution is -0.0475. The van der Waals surface area contributed by atoms with E-state index in [2.05, 4.69) is 0 Å². The first-order chi connectivity index (χ1) is 9.42. The molecule has 0 saturated carbocycles. The van der Waals surface area contributed by atoms with Crippen LogP contribution in [0.3, 0.4) is 0 Å². The summed E-state index contributed by atoms with van der Waals surface area (Å²) in [5.74, 6) is 0. The van der Waals surface area contributed by atoms with E-state index in [1.165, 1.54) is 4.90 Å². The Morgan fingerprint density at radius 2 is 2.15 bits per heavy atom. The molecule has 1 aliphatic heterocycles. The predicted octanol–water partition coefficient (Wildman–Crippen LogP) is 2.05. The number of ether oxygens (including phenoxy) is 2. The summed E-state index contributed by atoms with van der Waals surface area (Å²) in [6, 6.07) is 9.05. The third-order valence-corrected chi connectivity index (χ3v) is 3.49. The summed E-state index contributed by atoms with van der Waals surface area (Å²) in [7, 11) is 0. The average molecular weight is 294 g/mol. The van der Waals surface area contributed by atoms with Gasteiger partial charge in [0.15, 0.2) is 0 Å². The summed E-state index contributed by atoms with van der Waals surface area (Å²) < 4.78 is 10.9. The maximum absolute atomic E-state index is 12.3. The Morgan fingerprint density at radius 3 is 2.75 bits per heavy atom. The smallest absolute Gasteiger partial charge is 0.413 e. The van der Waals surface area contributed by atoms with Crippen molar-refractivity contribution in [3.63, 3.8) is 0 Å². The largest absolute Gasteiger partial charge is 0.444 e. The number of amides is 1. The zero-order valence-electron chi connectivity index (χ0n) is 11.5. The molecule has 0 bridgehead atoms. The number of carbonyl (C=O) groups is 1. The lowest BCUT2D eigenvalue weighted by atomic mass is 10.2. The van der Waals surface area contributed by atoms with Gasteiger partial charge in [0.2, 0.25) is 0 Å². The predicted molar refractivity (Wildman–Crippen MR) is 79.1 cm³/mol. The van der Waals surface area contributed by atoms with E-state index in [-0.39, 0.29) is 11.6 Å². The first-order valence-electron chi connectivity index (χ1n) is 6.35. The Hall–Kier alpha value is -1.66. The van der Waals surface area contributed by atoms with E-state index in [9.17, 15) is 4.79 Å². The van der Waals surface area contributed by atoms with Crippen molar-refractivity contribution in [2.24, 2.45) is 5.73 Å². The zero-order chi connectivity index (χ0) is 14.8. The van der Waals surface area contributed by atoms with Crippen molar-refractivity contribution in [1.82, 2.24) is 4.90 Å². The van der Waals surface area contributed by atoms with Gasteiger partial charge in [0.25, 0.3) is 0 Å². The molecule has 0 aromatic heterocycles. The van der Waals surface area contributed by atoms with Crippen LogP contribution in [0, 0.1) is 0 Å². The van der Waals surface area contributed by atoms with Crippen LogP contribution in [0.25, 0.3) is 0 Å². The first-order valence-corrected chi connectivity index (χ1v) is 6.76. The number of nitrogens with zero attached hydrogens (tertiary/aromatic N) is 1. The van der Waals surface area contributed by atoms with Crippen LogP contribution in [0.15, 0.2) is 30.3 Å². The molecule has 1 aromatic rings. The molecule has 2 rings (SSSR count). The molecule has 1 fully saturated rings. The Bertz CT molecular complexity index is 504. The van der Waals surface area contributed by atoms with Crippen LogP contribution in [0.4, 0.5) is 4.79 Å². The summed E-state index contributed by atoms with van der Waals surface area (Å²) in [4.78, 5) is 13.9. The monoisotopic (exact) mass is 294 g/mol. The number of carbonyl (C=O) groups excluding carboxylic acids is 1. The number of hydrogen-bond donors (Lipinski definition) is 1. The molecule has 0 radical (unpaired) electrons. The maximum Gasteiger partial charge on any atom is 0.413 e. The van der Waals surface area contributed by atoms with E-state index in [1.54, 1.807) is 13.8 Å². The Morgan fingerprint density at radius 1 is 1.50 bits per heavy atom. The van der Waals surface area contributed by atoms with Gasteiger partial charge in [-0.1, -0.05) is 42.5 Å².